The monoisotopic (exact) mass is 353 g/mol. The van der Waals surface area contributed by atoms with E-state index in [0.717, 1.165) is 42.9 Å². The van der Waals surface area contributed by atoms with E-state index in [1.54, 1.807) is 24.8 Å². The van der Waals surface area contributed by atoms with Crippen LogP contribution in [0.2, 0.25) is 0 Å². The Morgan fingerprint density at radius 2 is 1.96 bits per heavy atom. The van der Waals surface area contributed by atoms with E-state index in [1.807, 2.05) is 11.8 Å². The minimum atomic E-state index is -0.0171. The van der Waals surface area contributed by atoms with Gasteiger partial charge in [0, 0.05) is 37.3 Å². The van der Waals surface area contributed by atoms with Crippen LogP contribution in [0.25, 0.3) is 0 Å². The summed E-state index contributed by atoms with van der Waals surface area (Å²) in [4.78, 5) is 32.3. The Bertz CT molecular complexity index is 776. The molecule has 1 aliphatic carbocycles. The number of carbonyl (C=O) groups is 1. The molecule has 3 heterocycles. The number of carbonyl (C=O) groups excluding carboxylic acids is 1. The van der Waals surface area contributed by atoms with Crippen LogP contribution in [0.4, 0.5) is 0 Å². The molecular formula is C19H23N5O2. The predicted octanol–water partition coefficient (Wildman–Crippen LogP) is 1.93. The summed E-state index contributed by atoms with van der Waals surface area (Å²) in [7, 11) is 0. The number of aromatic nitrogens is 4. The molecule has 0 unspecified atom stereocenters. The van der Waals surface area contributed by atoms with Gasteiger partial charge in [0.1, 0.15) is 5.82 Å². The summed E-state index contributed by atoms with van der Waals surface area (Å²) in [5, 5.41) is 0. The summed E-state index contributed by atoms with van der Waals surface area (Å²) in [6.07, 6.45) is 10.6. The van der Waals surface area contributed by atoms with Crippen LogP contribution in [-0.4, -0.2) is 56.5 Å². The van der Waals surface area contributed by atoms with Crippen LogP contribution in [0.5, 0.6) is 0 Å². The summed E-state index contributed by atoms with van der Waals surface area (Å²) in [6, 6.07) is 0.0285. The number of hydrogen-bond donors (Lipinski definition) is 0. The van der Waals surface area contributed by atoms with Crippen LogP contribution < -0.4 is 0 Å². The third-order valence-corrected chi connectivity index (χ3v) is 5.05. The summed E-state index contributed by atoms with van der Waals surface area (Å²) in [5.74, 6) is 1.33. The van der Waals surface area contributed by atoms with Crippen LogP contribution in [0, 0.1) is 6.92 Å². The van der Waals surface area contributed by atoms with Crippen molar-refractivity contribution in [1.29, 1.82) is 0 Å². The standard InChI is InChI=1S/C19H23N5O2/c1-13-17(21-7-6-20-13)5-4-16-12-26-9-8-24(16)19(25)15-10-22-18(23-11-15)14-2-3-14/h6-7,10-11,14,16H,2-5,8-9,12H2,1H3/t16-/m1/s1. The fraction of sp³-hybridized carbons (Fsp3) is 0.526. The van der Waals surface area contributed by atoms with Crippen LogP contribution >= 0.6 is 0 Å². The molecule has 1 amide bonds. The summed E-state index contributed by atoms with van der Waals surface area (Å²) in [6.45, 7) is 3.66. The minimum Gasteiger partial charge on any atom is -0.377 e. The van der Waals surface area contributed by atoms with E-state index < -0.39 is 0 Å². The Labute approximate surface area is 152 Å². The second-order valence-electron chi connectivity index (χ2n) is 6.96. The van der Waals surface area contributed by atoms with Gasteiger partial charge >= 0.3 is 0 Å². The molecule has 0 N–H and O–H groups in total. The third kappa shape index (κ3) is 3.72. The van der Waals surface area contributed by atoms with E-state index in [9.17, 15) is 4.79 Å². The summed E-state index contributed by atoms with van der Waals surface area (Å²) >= 11 is 0. The van der Waals surface area contributed by atoms with Crippen molar-refractivity contribution in [2.75, 3.05) is 19.8 Å². The second-order valence-corrected chi connectivity index (χ2v) is 6.96. The van der Waals surface area contributed by atoms with Crippen LogP contribution in [0.1, 0.15) is 52.8 Å². The highest BCUT2D eigenvalue weighted by atomic mass is 16.5. The molecule has 1 atom stereocenters. The first-order valence-corrected chi connectivity index (χ1v) is 9.19. The van der Waals surface area contributed by atoms with Gasteiger partial charge in [0.05, 0.1) is 36.2 Å². The van der Waals surface area contributed by atoms with Crippen molar-refractivity contribution >= 4 is 5.91 Å². The molecule has 26 heavy (non-hydrogen) atoms. The van der Waals surface area contributed by atoms with Crippen LogP contribution in [0.3, 0.4) is 0 Å². The molecule has 2 aromatic rings. The number of nitrogens with zero attached hydrogens (tertiary/aromatic N) is 5. The zero-order valence-corrected chi connectivity index (χ0v) is 15.0. The quantitative estimate of drug-likeness (QED) is 0.817. The number of aryl methyl sites for hydroxylation is 2. The molecule has 2 aliphatic rings. The number of ether oxygens (including phenoxy) is 1. The fourth-order valence-electron chi connectivity index (χ4n) is 3.31. The molecule has 7 heteroatoms. The molecule has 136 valence electrons. The lowest BCUT2D eigenvalue weighted by molar-refractivity contribution is -0.00419. The Balaban J connectivity index is 1.44. The molecule has 7 nitrogen and oxygen atoms in total. The lowest BCUT2D eigenvalue weighted by Crippen LogP contribution is -2.49. The van der Waals surface area contributed by atoms with Crippen molar-refractivity contribution in [2.45, 2.75) is 44.6 Å². The number of amides is 1. The minimum absolute atomic E-state index is 0.0171. The second kappa shape index (κ2) is 7.45. The first kappa shape index (κ1) is 17.0. The van der Waals surface area contributed by atoms with E-state index in [4.69, 9.17) is 4.74 Å². The van der Waals surface area contributed by atoms with Gasteiger partial charge in [-0.2, -0.15) is 0 Å². The van der Waals surface area contributed by atoms with E-state index >= 15 is 0 Å². The Morgan fingerprint density at radius 3 is 2.69 bits per heavy atom. The SMILES string of the molecule is Cc1nccnc1CC[C@@H]1COCCN1C(=O)c1cnc(C2CC2)nc1. The first-order chi connectivity index (χ1) is 12.7. The maximum absolute atomic E-state index is 12.9. The lowest BCUT2D eigenvalue weighted by atomic mass is 10.1. The normalized spacial score (nSPS) is 20.2. The van der Waals surface area contributed by atoms with Gasteiger partial charge in [-0.15, -0.1) is 0 Å². The van der Waals surface area contributed by atoms with Gasteiger partial charge in [-0.05, 0) is 32.6 Å². The molecule has 1 saturated carbocycles. The Hall–Kier alpha value is -2.41. The Morgan fingerprint density at radius 1 is 1.19 bits per heavy atom. The van der Waals surface area contributed by atoms with Gasteiger partial charge in [0.2, 0.25) is 0 Å². The first-order valence-electron chi connectivity index (χ1n) is 9.19. The van der Waals surface area contributed by atoms with Crippen LogP contribution in [-0.2, 0) is 11.2 Å². The van der Waals surface area contributed by atoms with Crippen molar-refractivity contribution in [3.63, 3.8) is 0 Å². The maximum Gasteiger partial charge on any atom is 0.257 e. The molecule has 2 fully saturated rings. The average molecular weight is 353 g/mol. The van der Waals surface area contributed by atoms with Gasteiger partial charge in [-0.25, -0.2) is 9.97 Å². The number of morpholine rings is 1. The molecule has 0 radical (unpaired) electrons. The molecule has 0 aromatic carbocycles. The molecule has 0 bridgehead atoms. The average Bonchev–Trinajstić information content (AvgIpc) is 3.53. The predicted molar refractivity (Wildman–Crippen MR) is 94.7 cm³/mol. The fourth-order valence-corrected chi connectivity index (χ4v) is 3.31. The zero-order chi connectivity index (χ0) is 17.9. The summed E-state index contributed by atoms with van der Waals surface area (Å²) < 4.78 is 5.61. The molecular weight excluding hydrogens is 330 g/mol. The van der Waals surface area contributed by atoms with Gasteiger partial charge in [0.15, 0.2) is 0 Å². The molecule has 4 rings (SSSR count). The summed E-state index contributed by atoms with van der Waals surface area (Å²) in [5.41, 5.74) is 2.46. The lowest BCUT2D eigenvalue weighted by Gasteiger charge is -2.35. The molecule has 1 saturated heterocycles. The highest BCUT2D eigenvalue weighted by molar-refractivity contribution is 5.93. The van der Waals surface area contributed by atoms with E-state index in [2.05, 4.69) is 19.9 Å². The van der Waals surface area contributed by atoms with Gasteiger partial charge < -0.3 is 9.64 Å². The van der Waals surface area contributed by atoms with Crippen molar-refractivity contribution in [3.8, 4) is 0 Å². The number of rotatable bonds is 5. The van der Waals surface area contributed by atoms with Gasteiger partial charge in [-0.3, -0.25) is 14.8 Å². The van der Waals surface area contributed by atoms with Crippen molar-refractivity contribution in [1.82, 2.24) is 24.8 Å². The maximum atomic E-state index is 12.9. The van der Waals surface area contributed by atoms with Crippen molar-refractivity contribution in [2.24, 2.45) is 0 Å². The molecule has 0 spiro atoms. The topological polar surface area (TPSA) is 81.1 Å². The highest BCUT2D eigenvalue weighted by Crippen LogP contribution is 2.37. The van der Waals surface area contributed by atoms with E-state index in [-0.39, 0.29) is 11.9 Å². The largest absolute Gasteiger partial charge is 0.377 e. The van der Waals surface area contributed by atoms with Gasteiger partial charge in [0.25, 0.3) is 5.91 Å². The highest BCUT2D eigenvalue weighted by Gasteiger charge is 2.30. The molecule has 2 aromatic heterocycles. The van der Waals surface area contributed by atoms with Crippen molar-refractivity contribution in [3.05, 3.63) is 47.6 Å². The van der Waals surface area contributed by atoms with Gasteiger partial charge in [-0.1, -0.05) is 0 Å². The van der Waals surface area contributed by atoms with Crippen molar-refractivity contribution < 1.29 is 9.53 Å². The zero-order valence-electron chi connectivity index (χ0n) is 15.0. The Kier molecular flexibility index (Phi) is 4.88. The molecule has 1 aliphatic heterocycles. The smallest absolute Gasteiger partial charge is 0.257 e. The third-order valence-electron chi connectivity index (χ3n) is 5.05. The van der Waals surface area contributed by atoms with Crippen LogP contribution in [0.15, 0.2) is 24.8 Å². The van der Waals surface area contributed by atoms with E-state index in [0.29, 0.717) is 31.2 Å². The number of hydrogen-bond acceptors (Lipinski definition) is 6. The van der Waals surface area contributed by atoms with E-state index in [1.165, 1.54) is 0 Å².